The molecule has 0 aliphatic heterocycles. The second kappa shape index (κ2) is 8.33. The molecule has 0 unspecified atom stereocenters. The molecule has 0 fully saturated rings. The molecule has 0 aliphatic carbocycles. The van der Waals surface area contributed by atoms with Gasteiger partial charge >= 0.3 is 0 Å². The predicted molar refractivity (Wildman–Crippen MR) is 94.4 cm³/mol. The molecule has 9 heteroatoms. The quantitative estimate of drug-likeness (QED) is 0.439. The topological polar surface area (TPSA) is 114 Å². The average Bonchev–Trinajstić information content (AvgIpc) is 3.01. The predicted octanol–water partition coefficient (Wildman–Crippen LogP) is 2.71. The average molecular weight is 361 g/mol. The van der Waals surface area contributed by atoms with Crippen LogP contribution in [-0.2, 0) is 4.79 Å². The van der Waals surface area contributed by atoms with Crippen molar-refractivity contribution in [3.63, 3.8) is 0 Å². The fraction of sp³-hybridized carbons (Fsp3) is 0.200. The molecule has 0 saturated carbocycles. The first kappa shape index (κ1) is 17.8. The van der Waals surface area contributed by atoms with E-state index in [9.17, 15) is 4.79 Å². The van der Waals surface area contributed by atoms with E-state index in [1.165, 1.54) is 30.0 Å². The number of Topliss-reactive ketones (excluding diaryl/α,β-unsaturated/α-hetero) is 1. The molecule has 2 aromatic rings. The van der Waals surface area contributed by atoms with Gasteiger partial charge in [-0.2, -0.15) is 5.26 Å². The van der Waals surface area contributed by atoms with Crippen LogP contribution < -0.4 is 15.8 Å². The molecule has 0 saturated heterocycles. The Morgan fingerprint density at radius 1 is 1.42 bits per heavy atom. The Kier molecular flexibility index (Phi) is 6.17. The lowest BCUT2D eigenvalue weighted by Gasteiger charge is -2.03. The molecule has 2 rings (SSSR count). The lowest BCUT2D eigenvalue weighted by Crippen LogP contribution is -2.10. The van der Waals surface area contributed by atoms with E-state index in [1.54, 1.807) is 7.11 Å². The fourth-order valence-electron chi connectivity index (χ4n) is 1.69. The molecule has 124 valence electrons. The summed E-state index contributed by atoms with van der Waals surface area (Å²) in [6.45, 7) is 1.53. The summed E-state index contributed by atoms with van der Waals surface area (Å²) in [5.74, 6) is 0.542. The van der Waals surface area contributed by atoms with E-state index in [1.807, 2.05) is 30.3 Å². The lowest BCUT2D eigenvalue weighted by atomic mass is 10.2. The second-order valence-corrected chi connectivity index (χ2v) is 6.81. The number of ketones is 1. The third kappa shape index (κ3) is 4.71. The Morgan fingerprint density at radius 2 is 2.12 bits per heavy atom. The van der Waals surface area contributed by atoms with Crippen LogP contribution in [0.25, 0.3) is 0 Å². The molecular weight excluding hydrogens is 346 g/mol. The molecule has 1 aromatic carbocycles. The molecule has 3 N–H and O–H groups in total. The molecule has 0 amide bonds. The van der Waals surface area contributed by atoms with E-state index < -0.39 is 0 Å². The minimum absolute atomic E-state index is 0.0106. The number of methoxy groups -OCH3 is 1. The fourth-order valence-corrected chi connectivity index (χ4v) is 3.33. The first-order chi connectivity index (χ1) is 11.5. The Morgan fingerprint density at radius 3 is 2.71 bits per heavy atom. The number of carbonyl (C=O) groups is 1. The maximum Gasteiger partial charge on any atom is 0.210 e. The summed E-state index contributed by atoms with van der Waals surface area (Å²) in [6.07, 6.45) is 0. The van der Waals surface area contributed by atoms with E-state index in [-0.39, 0.29) is 22.8 Å². The number of ether oxygens (including phenoxy) is 1. The van der Waals surface area contributed by atoms with Gasteiger partial charge in [-0.3, -0.25) is 4.79 Å². The monoisotopic (exact) mass is 361 g/mol. The number of hydrogen-bond acceptors (Lipinski definition) is 9. The Labute approximate surface area is 147 Å². The van der Waals surface area contributed by atoms with Crippen LogP contribution in [-0.4, -0.2) is 28.8 Å². The second-order valence-electron chi connectivity index (χ2n) is 4.61. The SMILES string of the molecule is COc1ccc(Nc2nnc(SCC(=O)/C(C#N)=C(/C)N)s2)cc1. The molecule has 0 spiro atoms. The van der Waals surface area contributed by atoms with Crippen LogP contribution in [0.2, 0.25) is 0 Å². The minimum atomic E-state index is -0.317. The van der Waals surface area contributed by atoms with Crippen molar-refractivity contribution in [1.82, 2.24) is 10.2 Å². The van der Waals surface area contributed by atoms with Crippen molar-refractivity contribution in [3.8, 4) is 11.8 Å². The summed E-state index contributed by atoms with van der Waals surface area (Å²) >= 11 is 2.54. The standard InChI is InChI=1S/C15H15N5O2S2/c1-9(17)12(7-16)13(21)8-23-15-20-19-14(24-15)18-10-3-5-11(22-2)6-4-10/h3-6H,8,17H2,1-2H3,(H,18,19)/b12-9-. The molecule has 0 radical (unpaired) electrons. The number of nitrogens with one attached hydrogen (secondary N) is 1. The lowest BCUT2D eigenvalue weighted by molar-refractivity contribution is -0.112. The van der Waals surface area contributed by atoms with Crippen LogP contribution in [0.1, 0.15) is 6.92 Å². The number of carbonyl (C=O) groups excluding carboxylic acids is 1. The van der Waals surface area contributed by atoms with Gasteiger partial charge in [-0.25, -0.2) is 0 Å². The summed E-state index contributed by atoms with van der Waals surface area (Å²) in [5, 5.41) is 20.7. The van der Waals surface area contributed by atoms with Gasteiger partial charge in [-0.1, -0.05) is 23.1 Å². The van der Waals surface area contributed by atoms with Crippen molar-refractivity contribution in [2.75, 3.05) is 18.2 Å². The Bertz CT molecular complexity index is 789. The normalized spacial score (nSPS) is 11.4. The molecule has 1 aromatic heterocycles. The Hall–Kier alpha value is -2.57. The largest absolute Gasteiger partial charge is 0.497 e. The zero-order valence-electron chi connectivity index (χ0n) is 13.1. The van der Waals surface area contributed by atoms with Gasteiger partial charge in [0.15, 0.2) is 10.1 Å². The van der Waals surface area contributed by atoms with Crippen molar-refractivity contribution in [1.29, 1.82) is 5.26 Å². The number of nitriles is 1. The molecule has 0 aliphatic rings. The van der Waals surface area contributed by atoms with Crippen molar-refractivity contribution in [3.05, 3.63) is 35.5 Å². The highest BCUT2D eigenvalue weighted by atomic mass is 32.2. The van der Waals surface area contributed by atoms with Gasteiger partial charge in [0.1, 0.15) is 17.4 Å². The summed E-state index contributed by atoms with van der Waals surface area (Å²) in [4.78, 5) is 11.9. The van der Waals surface area contributed by atoms with Crippen LogP contribution in [0.3, 0.4) is 0 Å². The Balaban J connectivity index is 1.94. The van der Waals surface area contributed by atoms with E-state index in [0.717, 1.165) is 11.4 Å². The highest BCUT2D eigenvalue weighted by molar-refractivity contribution is 8.01. The van der Waals surface area contributed by atoms with Crippen LogP contribution in [0.15, 0.2) is 39.9 Å². The number of thioether (sulfide) groups is 1. The van der Waals surface area contributed by atoms with E-state index in [0.29, 0.717) is 9.47 Å². The number of nitrogens with two attached hydrogens (primary N) is 1. The highest BCUT2D eigenvalue weighted by Crippen LogP contribution is 2.28. The summed E-state index contributed by atoms with van der Waals surface area (Å²) in [6, 6.07) is 9.22. The first-order valence-electron chi connectivity index (χ1n) is 6.80. The summed E-state index contributed by atoms with van der Waals surface area (Å²) in [7, 11) is 1.61. The van der Waals surface area contributed by atoms with Crippen LogP contribution >= 0.6 is 23.1 Å². The maximum atomic E-state index is 11.9. The third-order valence-corrected chi connectivity index (χ3v) is 4.83. The molecule has 7 nitrogen and oxygen atoms in total. The number of rotatable bonds is 7. The zero-order chi connectivity index (χ0) is 17.5. The van der Waals surface area contributed by atoms with Crippen molar-refractivity contribution in [2.45, 2.75) is 11.3 Å². The number of benzene rings is 1. The van der Waals surface area contributed by atoms with Crippen molar-refractivity contribution >= 4 is 39.7 Å². The zero-order valence-corrected chi connectivity index (χ0v) is 14.7. The van der Waals surface area contributed by atoms with Gasteiger partial charge in [0.25, 0.3) is 0 Å². The van der Waals surface area contributed by atoms with Crippen molar-refractivity contribution in [2.24, 2.45) is 5.73 Å². The van der Waals surface area contributed by atoms with Gasteiger partial charge in [0.05, 0.1) is 12.9 Å². The number of aromatic nitrogens is 2. The van der Waals surface area contributed by atoms with Gasteiger partial charge in [-0.05, 0) is 31.2 Å². The number of allylic oxidation sites excluding steroid dienone is 2. The smallest absolute Gasteiger partial charge is 0.210 e. The molecular formula is C15H15N5O2S2. The van der Waals surface area contributed by atoms with E-state index in [4.69, 9.17) is 15.7 Å². The highest BCUT2D eigenvalue weighted by Gasteiger charge is 2.14. The first-order valence-corrected chi connectivity index (χ1v) is 8.60. The van der Waals surface area contributed by atoms with Crippen molar-refractivity contribution < 1.29 is 9.53 Å². The van der Waals surface area contributed by atoms with Gasteiger partial charge in [-0.15, -0.1) is 10.2 Å². The van der Waals surface area contributed by atoms with E-state index in [2.05, 4.69) is 15.5 Å². The maximum absolute atomic E-state index is 11.9. The van der Waals surface area contributed by atoms with Gasteiger partial charge in [0, 0.05) is 11.4 Å². The van der Waals surface area contributed by atoms with Gasteiger partial charge < -0.3 is 15.8 Å². The van der Waals surface area contributed by atoms with Crippen LogP contribution in [0, 0.1) is 11.3 Å². The molecule has 0 bridgehead atoms. The molecule has 1 heterocycles. The third-order valence-electron chi connectivity index (χ3n) is 2.86. The van der Waals surface area contributed by atoms with Crippen LogP contribution in [0.5, 0.6) is 5.75 Å². The van der Waals surface area contributed by atoms with E-state index >= 15 is 0 Å². The van der Waals surface area contributed by atoms with Gasteiger partial charge in [0.2, 0.25) is 5.13 Å². The minimum Gasteiger partial charge on any atom is -0.497 e. The van der Waals surface area contributed by atoms with Crippen LogP contribution in [0.4, 0.5) is 10.8 Å². The molecule has 0 atom stereocenters. The summed E-state index contributed by atoms with van der Waals surface area (Å²) in [5.41, 5.74) is 6.58. The number of nitrogens with zero attached hydrogens (tertiary/aromatic N) is 3. The number of anilines is 2. The number of hydrogen-bond donors (Lipinski definition) is 2. The molecule has 24 heavy (non-hydrogen) atoms. The summed E-state index contributed by atoms with van der Waals surface area (Å²) < 4.78 is 5.73.